The smallest absolute Gasteiger partial charge is 0.382 e. The highest BCUT2D eigenvalue weighted by Gasteiger charge is 2.34. The molecule has 3 atom stereocenters. The van der Waals surface area contributed by atoms with E-state index in [0.717, 1.165) is 29.1 Å². The molecule has 2 N–H and O–H groups in total. The molecule has 0 bridgehead atoms. The molecule has 0 spiro atoms. The molecule has 8 nitrogen and oxygen atoms in total. The summed E-state index contributed by atoms with van der Waals surface area (Å²) in [5.41, 5.74) is -0.968. The minimum Gasteiger partial charge on any atom is -0.382 e. The van der Waals surface area contributed by atoms with Crippen molar-refractivity contribution < 1.29 is 30.8 Å². The largest absolute Gasteiger partial charge is 0.433 e. The van der Waals surface area contributed by atoms with Gasteiger partial charge in [0.1, 0.15) is 16.9 Å². The minimum absolute atomic E-state index is 0.00867. The molecular formula is C23H24ClF4N5O3S. The monoisotopic (exact) mass is 561 g/mol. The van der Waals surface area contributed by atoms with Gasteiger partial charge in [0.05, 0.1) is 11.1 Å². The molecular weight excluding hydrogens is 538 g/mol. The van der Waals surface area contributed by atoms with Crippen LogP contribution in [-0.2, 0) is 16.0 Å². The van der Waals surface area contributed by atoms with Crippen LogP contribution in [0.2, 0.25) is 5.15 Å². The summed E-state index contributed by atoms with van der Waals surface area (Å²) in [5.74, 6) is -1.15. The molecule has 37 heavy (non-hydrogen) atoms. The van der Waals surface area contributed by atoms with Gasteiger partial charge in [0, 0.05) is 35.6 Å². The van der Waals surface area contributed by atoms with Crippen LogP contribution in [0.25, 0.3) is 10.9 Å². The molecule has 0 saturated heterocycles. The van der Waals surface area contributed by atoms with E-state index in [1.54, 1.807) is 0 Å². The molecule has 1 fully saturated rings. The molecule has 200 valence electrons. The van der Waals surface area contributed by atoms with Gasteiger partial charge in [-0.3, -0.25) is 9.48 Å². The maximum Gasteiger partial charge on any atom is 0.433 e. The molecule has 1 aliphatic rings. The zero-order valence-corrected chi connectivity index (χ0v) is 21.4. The van der Waals surface area contributed by atoms with Crippen LogP contribution >= 0.6 is 11.6 Å². The van der Waals surface area contributed by atoms with Gasteiger partial charge in [-0.2, -0.15) is 18.3 Å². The van der Waals surface area contributed by atoms with Crippen molar-refractivity contribution in [3.8, 4) is 0 Å². The lowest BCUT2D eigenvalue weighted by Gasteiger charge is -2.31. The molecule has 4 rings (SSSR count). The number of carbonyl (C=O) groups excluding carboxylic acids is 1. The molecule has 1 aliphatic carbocycles. The average molecular weight is 562 g/mol. The van der Waals surface area contributed by atoms with Crippen LogP contribution in [0.4, 0.5) is 23.2 Å². The van der Waals surface area contributed by atoms with Crippen LogP contribution in [0.5, 0.6) is 0 Å². The highest BCUT2D eigenvalue weighted by molar-refractivity contribution is 7.90. The number of anilines is 1. The van der Waals surface area contributed by atoms with Crippen LogP contribution in [0, 0.1) is 5.82 Å². The average Bonchev–Trinajstić information content (AvgIpc) is 3.19. The summed E-state index contributed by atoms with van der Waals surface area (Å²) in [7, 11) is -3.48. The summed E-state index contributed by atoms with van der Waals surface area (Å²) in [6, 6.07) is 3.60. The maximum atomic E-state index is 13.9. The van der Waals surface area contributed by atoms with Crippen LogP contribution in [0.3, 0.4) is 0 Å². The fourth-order valence-electron chi connectivity index (χ4n) is 4.30. The Kier molecular flexibility index (Phi) is 7.39. The van der Waals surface area contributed by atoms with Crippen LogP contribution in [0.15, 0.2) is 30.5 Å². The third-order valence-electron chi connectivity index (χ3n) is 6.35. The zero-order valence-electron chi connectivity index (χ0n) is 19.8. The van der Waals surface area contributed by atoms with E-state index >= 15 is 0 Å². The van der Waals surface area contributed by atoms with Gasteiger partial charge in [-0.25, -0.2) is 17.8 Å². The Hall–Kier alpha value is -2.93. The number of benzene rings is 1. The van der Waals surface area contributed by atoms with Crippen molar-refractivity contribution in [2.24, 2.45) is 0 Å². The molecule has 0 radical (unpaired) electrons. The second-order valence-corrected chi connectivity index (χ2v) is 11.8. The predicted octanol–water partition coefficient (Wildman–Crippen LogP) is 4.96. The fourth-order valence-corrected chi connectivity index (χ4v) is 5.02. The van der Waals surface area contributed by atoms with Crippen LogP contribution < -0.4 is 10.6 Å². The van der Waals surface area contributed by atoms with Crippen molar-refractivity contribution in [1.82, 2.24) is 20.1 Å². The van der Waals surface area contributed by atoms with Crippen LogP contribution in [-0.4, -0.2) is 47.4 Å². The van der Waals surface area contributed by atoms with E-state index in [2.05, 4.69) is 20.7 Å². The Bertz CT molecular complexity index is 1440. The van der Waals surface area contributed by atoms with Crippen molar-refractivity contribution >= 4 is 43.9 Å². The topological polar surface area (TPSA) is 106 Å². The standard InChI is InChI=1S/C23H24ClF4N5O3S/c1-12(37(2,35)36)33-11-17(21(24)32-33)22(34)30-15-5-3-4-14(9-15)29-19-10-20(23(26,27)28)31-18-7-6-13(25)8-16(18)19/h6-8,10-12,14-15H,3-5,9H2,1-2H3,(H,29,31)(H,30,34)/t12?,14-,15+/m0/s1. The van der Waals surface area contributed by atoms with E-state index in [9.17, 15) is 30.8 Å². The van der Waals surface area contributed by atoms with E-state index in [1.807, 2.05) is 0 Å². The Morgan fingerprint density at radius 3 is 2.59 bits per heavy atom. The Morgan fingerprint density at radius 1 is 1.22 bits per heavy atom. The summed E-state index contributed by atoms with van der Waals surface area (Å²) in [5, 5.41) is 8.91. The van der Waals surface area contributed by atoms with Gasteiger partial charge in [-0.15, -0.1) is 0 Å². The summed E-state index contributed by atoms with van der Waals surface area (Å²) in [4.78, 5) is 16.5. The van der Waals surface area contributed by atoms with Crippen molar-refractivity contribution in [1.29, 1.82) is 0 Å². The van der Waals surface area contributed by atoms with E-state index in [-0.39, 0.29) is 39.4 Å². The number of aromatic nitrogens is 3. The number of hydrogen-bond acceptors (Lipinski definition) is 6. The third kappa shape index (κ3) is 6.15. The summed E-state index contributed by atoms with van der Waals surface area (Å²) in [6.07, 6.45) is -0.0762. The normalized spacial score (nSPS) is 19.5. The van der Waals surface area contributed by atoms with Gasteiger partial charge in [0.2, 0.25) is 0 Å². The number of halogens is 5. The fraction of sp³-hybridized carbons (Fsp3) is 0.435. The Morgan fingerprint density at radius 2 is 1.92 bits per heavy atom. The number of pyridine rings is 1. The van der Waals surface area contributed by atoms with Crippen molar-refractivity contribution in [2.45, 2.75) is 56.2 Å². The number of nitrogens with one attached hydrogen (secondary N) is 2. The first-order valence-corrected chi connectivity index (χ1v) is 13.7. The molecule has 0 aliphatic heterocycles. The second-order valence-electron chi connectivity index (χ2n) is 9.13. The van der Waals surface area contributed by atoms with E-state index in [0.29, 0.717) is 25.7 Å². The van der Waals surface area contributed by atoms with Crippen molar-refractivity contribution in [3.05, 3.63) is 52.7 Å². The molecule has 14 heteroatoms. The number of alkyl halides is 3. The molecule has 2 aromatic heterocycles. The maximum absolute atomic E-state index is 13.9. The first-order chi connectivity index (χ1) is 17.2. The van der Waals surface area contributed by atoms with Gasteiger partial charge in [-0.1, -0.05) is 11.6 Å². The van der Waals surface area contributed by atoms with Crippen molar-refractivity contribution in [3.63, 3.8) is 0 Å². The first kappa shape index (κ1) is 27.1. The number of amides is 1. The van der Waals surface area contributed by atoms with Gasteiger partial charge < -0.3 is 10.6 Å². The van der Waals surface area contributed by atoms with Gasteiger partial charge in [0.15, 0.2) is 15.0 Å². The number of fused-ring (bicyclic) bond motifs is 1. The first-order valence-electron chi connectivity index (χ1n) is 11.4. The molecule has 2 heterocycles. The number of hydrogen-bond donors (Lipinski definition) is 2. The number of rotatable bonds is 6. The molecule has 1 aromatic carbocycles. The third-order valence-corrected chi connectivity index (χ3v) is 8.09. The minimum atomic E-state index is -4.68. The lowest BCUT2D eigenvalue weighted by Crippen LogP contribution is -2.41. The number of carbonyl (C=O) groups is 1. The highest BCUT2D eigenvalue weighted by Crippen LogP contribution is 2.35. The predicted molar refractivity (Wildman–Crippen MR) is 131 cm³/mol. The summed E-state index contributed by atoms with van der Waals surface area (Å²) in [6.45, 7) is 1.41. The quantitative estimate of drug-likeness (QED) is 0.412. The zero-order chi connectivity index (χ0) is 27.1. The molecule has 1 amide bonds. The lowest BCUT2D eigenvalue weighted by atomic mass is 9.90. The Labute approximate surface area is 215 Å². The number of sulfone groups is 1. The SMILES string of the molecule is CC(n1cc(C(=O)N[C@@H]2CCC[C@H](Nc3cc(C(F)(F)F)nc4ccc(F)cc34)C2)c(Cl)n1)S(C)(=O)=O. The van der Waals surface area contributed by atoms with E-state index in [1.165, 1.54) is 19.2 Å². The molecule has 3 aromatic rings. The van der Waals surface area contributed by atoms with Crippen molar-refractivity contribution in [2.75, 3.05) is 11.6 Å². The summed E-state index contributed by atoms with van der Waals surface area (Å²) >= 11 is 6.08. The van der Waals surface area contributed by atoms with Gasteiger partial charge in [-0.05, 0) is 56.9 Å². The highest BCUT2D eigenvalue weighted by atomic mass is 35.5. The molecule has 1 unspecified atom stereocenters. The van der Waals surface area contributed by atoms with Crippen LogP contribution in [0.1, 0.15) is 54.0 Å². The second kappa shape index (κ2) is 10.1. The lowest BCUT2D eigenvalue weighted by molar-refractivity contribution is -0.140. The van der Waals surface area contributed by atoms with E-state index in [4.69, 9.17) is 11.6 Å². The number of nitrogens with zero attached hydrogens (tertiary/aromatic N) is 3. The Balaban J connectivity index is 1.51. The van der Waals surface area contributed by atoms with Gasteiger partial charge in [0.25, 0.3) is 5.91 Å². The summed E-state index contributed by atoms with van der Waals surface area (Å²) < 4.78 is 78.8. The molecule has 1 saturated carbocycles. The van der Waals surface area contributed by atoms with Gasteiger partial charge >= 0.3 is 6.18 Å². The van der Waals surface area contributed by atoms with E-state index < -0.39 is 38.8 Å².